The lowest BCUT2D eigenvalue weighted by Crippen LogP contribution is -2.35. The summed E-state index contributed by atoms with van der Waals surface area (Å²) in [5.74, 6) is -0.0224. The molecular formula is C15H18BrNO4S. The van der Waals surface area contributed by atoms with Crippen molar-refractivity contribution >= 4 is 37.5 Å². The van der Waals surface area contributed by atoms with Crippen molar-refractivity contribution in [3.63, 3.8) is 0 Å². The number of benzene rings is 1. The number of hydrogen-bond donors (Lipinski definition) is 1. The molecule has 1 amide bonds. The summed E-state index contributed by atoms with van der Waals surface area (Å²) in [5.41, 5.74) is 0.630. The summed E-state index contributed by atoms with van der Waals surface area (Å²) < 4.78 is 23.5. The molecule has 1 atom stereocenters. The van der Waals surface area contributed by atoms with E-state index in [9.17, 15) is 18.0 Å². The molecule has 1 aromatic carbocycles. The Morgan fingerprint density at radius 2 is 1.86 bits per heavy atom. The van der Waals surface area contributed by atoms with E-state index in [1.54, 1.807) is 24.3 Å². The largest absolute Gasteiger partial charge is 0.352 e. The van der Waals surface area contributed by atoms with E-state index >= 15 is 0 Å². The maximum atomic E-state index is 11.9. The van der Waals surface area contributed by atoms with E-state index in [1.165, 1.54) is 0 Å². The second kappa shape index (κ2) is 7.37. The number of hydrogen-bond acceptors (Lipinski definition) is 4. The van der Waals surface area contributed by atoms with Crippen LogP contribution in [0.3, 0.4) is 0 Å². The Hall–Kier alpha value is -1.21. The Morgan fingerprint density at radius 1 is 1.18 bits per heavy atom. The van der Waals surface area contributed by atoms with Crippen molar-refractivity contribution in [1.82, 2.24) is 5.32 Å². The van der Waals surface area contributed by atoms with Gasteiger partial charge in [0.15, 0.2) is 15.6 Å². The Morgan fingerprint density at radius 3 is 2.45 bits per heavy atom. The van der Waals surface area contributed by atoms with Gasteiger partial charge in [-0.25, -0.2) is 8.42 Å². The normalized spacial score (nSPS) is 19.8. The van der Waals surface area contributed by atoms with Crippen molar-refractivity contribution in [3.8, 4) is 0 Å². The number of nitrogens with one attached hydrogen (secondary N) is 1. The summed E-state index contributed by atoms with van der Waals surface area (Å²) in [6.07, 6.45) is 1.48. The molecule has 0 saturated carbocycles. The Kier molecular flexibility index (Phi) is 5.74. The molecule has 0 aromatic heterocycles. The molecule has 1 saturated heterocycles. The number of rotatable bonds is 6. The molecule has 5 nitrogen and oxygen atoms in total. The quantitative estimate of drug-likeness (QED) is 0.757. The Labute approximate surface area is 138 Å². The molecule has 2 rings (SSSR count). The van der Waals surface area contributed by atoms with Gasteiger partial charge in [0.05, 0.1) is 11.5 Å². The molecule has 0 spiro atoms. The van der Waals surface area contributed by atoms with E-state index in [0.29, 0.717) is 24.8 Å². The van der Waals surface area contributed by atoms with Crippen molar-refractivity contribution in [2.45, 2.75) is 31.7 Å². The monoisotopic (exact) mass is 387 g/mol. The number of carbonyl (C=O) groups excluding carboxylic acids is 2. The highest BCUT2D eigenvalue weighted by atomic mass is 79.9. The second-order valence-electron chi connectivity index (χ2n) is 5.45. The van der Waals surface area contributed by atoms with E-state index in [-0.39, 0.29) is 35.7 Å². The van der Waals surface area contributed by atoms with Gasteiger partial charge >= 0.3 is 0 Å². The van der Waals surface area contributed by atoms with Gasteiger partial charge in [-0.15, -0.1) is 0 Å². The first-order chi connectivity index (χ1) is 10.4. The van der Waals surface area contributed by atoms with Gasteiger partial charge in [-0.3, -0.25) is 9.59 Å². The molecule has 1 heterocycles. The first kappa shape index (κ1) is 17.1. The first-order valence-electron chi connectivity index (χ1n) is 7.14. The zero-order valence-corrected chi connectivity index (χ0v) is 14.5. The molecule has 7 heteroatoms. The third kappa shape index (κ3) is 5.21. The minimum Gasteiger partial charge on any atom is -0.352 e. The highest BCUT2D eigenvalue weighted by Gasteiger charge is 2.28. The number of halogens is 1. The highest BCUT2D eigenvalue weighted by Crippen LogP contribution is 2.14. The number of amides is 1. The Balaban J connectivity index is 1.71. The molecule has 0 radical (unpaired) electrons. The topological polar surface area (TPSA) is 80.3 Å². The average molecular weight is 388 g/mol. The van der Waals surface area contributed by atoms with Gasteiger partial charge < -0.3 is 5.32 Å². The summed E-state index contributed by atoms with van der Waals surface area (Å²) in [7, 11) is -2.99. The number of ketones is 1. The van der Waals surface area contributed by atoms with Crippen molar-refractivity contribution in [2.75, 3.05) is 11.5 Å². The molecule has 1 unspecified atom stereocenters. The summed E-state index contributed by atoms with van der Waals surface area (Å²) >= 11 is 3.31. The lowest BCUT2D eigenvalue weighted by molar-refractivity contribution is -0.121. The fourth-order valence-electron chi connectivity index (χ4n) is 2.40. The zero-order valence-electron chi connectivity index (χ0n) is 12.0. The highest BCUT2D eigenvalue weighted by molar-refractivity contribution is 9.10. The molecule has 1 fully saturated rings. The zero-order chi connectivity index (χ0) is 16.2. The van der Waals surface area contributed by atoms with Crippen LogP contribution < -0.4 is 5.32 Å². The summed E-state index contributed by atoms with van der Waals surface area (Å²) in [6, 6.07) is 6.83. The van der Waals surface area contributed by atoms with Crippen LogP contribution in [0.15, 0.2) is 28.7 Å². The smallest absolute Gasteiger partial charge is 0.220 e. The van der Waals surface area contributed by atoms with E-state index in [0.717, 1.165) is 4.47 Å². The van der Waals surface area contributed by atoms with Crippen LogP contribution in [-0.4, -0.2) is 37.7 Å². The number of sulfone groups is 1. The third-order valence-electron chi connectivity index (χ3n) is 3.57. The fourth-order valence-corrected chi connectivity index (χ4v) is 4.34. The SMILES string of the molecule is O=C(CCCC(=O)c1ccc(Br)cc1)NC1CCS(=O)(=O)C1. The average Bonchev–Trinajstić information content (AvgIpc) is 2.78. The minimum absolute atomic E-state index is 0.00347. The van der Waals surface area contributed by atoms with Crippen molar-refractivity contribution in [1.29, 1.82) is 0 Å². The van der Waals surface area contributed by atoms with Crippen molar-refractivity contribution in [2.24, 2.45) is 0 Å². The standard InChI is InChI=1S/C15H18BrNO4S/c16-12-6-4-11(5-7-12)14(18)2-1-3-15(19)17-13-8-9-22(20,21)10-13/h4-7,13H,1-3,8-10H2,(H,17,19). The summed E-state index contributed by atoms with van der Waals surface area (Å²) in [4.78, 5) is 23.7. The van der Waals surface area contributed by atoms with Gasteiger partial charge in [-0.1, -0.05) is 28.1 Å². The van der Waals surface area contributed by atoms with Crippen LogP contribution in [0.2, 0.25) is 0 Å². The van der Waals surface area contributed by atoms with E-state index < -0.39 is 9.84 Å². The lowest BCUT2D eigenvalue weighted by atomic mass is 10.1. The molecule has 0 bridgehead atoms. The van der Waals surface area contributed by atoms with Gasteiger partial charge in [0, 0.05) is 28.9 Å². The fraction of sp³-hybridized carbons (Fsp3) is 0.467. The van der Waals surface area contributed by atoms with Crippen LogP contribution in [0.1, 0.15) is 36.0 Å². The van der Waals surface area contributed by atoms with Crippen LogP contribution in [-0.2, 0) is 14.6 Å². The first-order valence-corrected chi connectivity index (χ1v) is 9.76. The van der Waals surface area contributed by atoms with E-state index in [2.05, 4.69) is 21.2 Å². The maximum Gasteiger partial charge on any atom is 0.220 e. The number of carbonyl (C=O) groups is 2. The molecular weight excluding hydrogens is 370 g/mol. The van der Waals surface area contributed by atoms with Gasteiger partial charge in [0.1, 0.15) is 0 Å². The van der Waals surface area contributed by atoms with Gasteiger partial charge in [0.2, 0.25) is 5.91 Å². The number of Topliss-reactive ketones (excluding diaryl/α,β-unsaturated/α-hetero) is 1. The van der Waals surface area contributed by atoms with Crippen molar-refractivity contribution in [3.05, 3.63) is 34.3 Å². The van der Waals surface area contributed by atoms with E-state index in [4.69, 9.17) is 0 Å². The lowest BCUT2D eigenvalue weighted by Gasteiger charge is -2.10. The van der Waals surface area contributed by atoms with Crippen LogP contribution >= 0.6 is 15.9 Å². The van der Waals surface area contributed by atoms with Crippen LogP contribution in [0.5, 0.6) is 0 Å². The van der Waals surface area contributed by atoms with Crippen molar-refractivity contribution < 1.29 is 18.0 Å². The molecule has 1 aromatic rings. The predicted molar refractivity (Wildman–Crippen MR) is 87.5 cm³/mol. The second-order valence-corrected chi connectivity index (χ2v) is 8.60. The predicted octanol–water partition coefficient (Wildman–Crippen LogP) is 2.11. The maximum absolute atomic E-state index is 11.9. The summed E-state index contributed by atoms with van der Waals surface area (Å²) in [6.45, 7) is 0. The molecule has 0 aliphatic carbocycles. The molecule has 1 N–H and O–H groups in total. The molecule has 120 valence electrons. The van der Waals surface area contributed by atoms with Crippen LogP contribution in [0.25, 0.3) is 0 Å². The van der Waals surface area contributed by atoms with Gasteiger partial charge in [-0.05, 0) is 25.0 Å². The molecule has 1 aliphatic heterocycles. The summed E-state index contributed by atoms with van der Waals surface area (Å²) in [5, 5.41) is 2.72. The van der Waals surface area contributed by atoms with Gasteiger partial charge in [0.25, 0.3) is 0 Å². The molecule has 1 aliphatic rings. The van der Waals surface area contributed by atoms with Gasteiger partial charge in [-0.2, -0.15) is 0 Å². The van der Waals surface area contributed by atoms with Crippen LogP contribution in [0.4, 0.5) is 0 Å². The minimum atomic E-state index is -2.99. The molecule has 22 heavy (non-hydrogen) atoms. The third-order valence-corrected chi connectivity index (χ3v) is 5.87. The van der Waals surface area contributed by atoms with E-state index in [1.807, 2.05) is 0 Å². The Bertz CT molecular complexity index is 655. The van der Waals surface area contributed by atoms with Crippen LogP contribution in [0, 0.1) is 0 Å².